The van der Waals surface area contributed by atoms with E-state index in [2.05, 4.69) is 22.0 Å². The predicted octanol–water partition coefficient (Wildman–Crippen LogP) is 8.78. The third-order valence-corrected chi connectivity index (χ3v) is 9.08. The maximum atomic E-state index is 13.5. The Bertz CT molecular complexity index is 1670. The molecule has 234 valence electrons. The normalized spacial score (nSPS) is 20.3. The molecule has 1 saturated carbocycles. The highest BCUT2D eigenvalue weighted by Crippen LogP contribution is 2.50. The molecule has 6 rings (SSSR count). The largest absolute Gasteiger partial charge is 0.464 e. The van der Waals surface area contributed by atoms with Gasteiger partial charge in [-0.25, -0.2) is 14.5 Å². The van der Waals surface area contributed by atoms with Gasteiger partial charge < -0.3 is 14.7 Å². The van der Waals surface area contributed by atoms with Crippen molar-refractivity contribution in [3.63, 3.8) is 0 Å². The molecule has 2 aliphatic rings. The summed E-state index contributed by atoms with van der Waals surface area (Å²) in [5.74, 6) is 0.174. The lowest BCUT2D eigenvalue weighted by Crippen LogP contribution is -2.54. The van der Waals surface area contributed by atoms with Crippen molar-refractivity contribution in [3.05, 3.63) is 149 Å². The minimum Gasteiger partial charge on any atom is -0.464 e. The van der Waals surface area contributed by atoms with Crippen LogP contribution in [-0.4, -0.2) is 38.6 Å². The van der Waals surface area contributed by atoms with E-state index in [4.69, 9.17) is 4.74 Å². The zero-order valence-electron chi connectivity index (χ0n) is 25.9. The highest BCUT2D eigenvalue weighted by atomic mass is 16.5. The molecule has 4 aromatic rings. The zero-order chi connectivity index (χ0) is 31.8. The maximum Gasteiger partial charge on any atom is 0.437 e. The topological polar surface area (TPSA) is 82.4 Å². The average molecular weight is 614 g/mol. The molecule has 2 amide bonds. The summed E-state index contributed by atoms with van der Waals surface area (Å²) in [5.41, 5.74) is 3.57. The van der Waals surface area contributed by atoms with Crippen molar-refractivity contribution in [2.75, 3.05) is 0 Å². The van der Waals surface area contributed by atoms with Crippen molar-refractivity contribution in [3.8, 4) is 0 Å². The number of benzene rings is 4. The van der Waals surface area contributed by atoms with E-state index in [0.717, 1.165) is 54.4 Å². The molecular weight excluding hydrogens is 574 g/mol. The van der Waals surface area contributed by atoms with Crippen LogP contribution < -0.4 is 0 Å². The Hall–Kier alpha value is -5.17. The van der Waals surface area contributed by atoms with Crippen LogP contribution in [0.1, 0.15) is 54.4 Å². The van der Waals surface area contributed by atoms with Gasteiger partial charge in [-0.05, 0) is 47.1 Å². The van der Waals surface area contributed by atoms with Crippen LogP contribution in [0.4, 0.5) is 9.59 Å². The lowest BCUT2D eigenvalue weighted by atomic mass is 9.69. The summed E-state index contributed by atoms with van der Waals surface area (Å²) in [5, 5.41) is 11.0. The molecule has 0 bridgehead atoms. The molecule has 2 fully saturated rings. The van der Waals surface area contributed by atoms with Crippen molar-refractivity contribution >= 4 is 24.2 Å². The van der Waals surface area contributed by atoms with Gasteiger partial charge >= 0.3 is 12.2 Å². The van der Waals surface area contributed by atoms with Crippen molar-refractivity contribution in [1.82, 2.24) is 9.80 Å². The standard InChI is InChI=1S/C39H39N3O4/c43-37(46-29-33-22-12-4-13-23-33)40-36-41(28-32-20-10-3-11-21-32)39(34-24-14-5-15-25-34,27-31-18-8-2-9-19-31)35(42(36)38(44)45)26-30-16-6-1-7-17-30/h1-4,6-13,16-23,26,34H,5,14-15,24-25,27-29H2,(H,44,45). The minimum atomic E-state index is -1.19. The smallest absolute Gasteiger partial charge is 0.437 e. The van der Waals surface area contributed by atoms with Gasteiger partial charge in [-0.1, -0.05) is 141 Å². The predicted molar refractivity (Wildman–Crippen MR) is 180 cm³/mol. The molecule has 1 heterocycles. The molecule has 0 radical (unpaired) electrons. The average Bonchev–Trinajstić information content (AvgIpc) is 3.34. The summed E-state index contributed by atoms with van der Waals surface area (Å²) in [6.45, 7) is 0.400. The molecule has 0 aromatic heterocycles. The van der Waals surface area contributed by atoms with E-state index in [1.807, 2.05) is 115 Å². The molecular formula is C39H39N3O4. The monoisotopic (exact) mass is 613 g/mol. The van der Waals surface area contributed by atoms with Crippen LogP contribution >= 0.6 is 0 Å². The molecule has 1 N–H and O–H groups in total. The quantitative estimate of drug-likeness (QED) is 0.215. The number of ether oxygens (including phenoxy) is 1. The Balaban J connectivity index is 1.57. The summed E-state index contributed by atoms with van der Waals surface area (Å²) in [4.78, 5) is 34.7. The second-order valence-corrected chi connectivity index (χ2v) is 12.0. The molecule has 1 aliphatic heterocycles. The van der Waals surface area contributed by atoms with E-state index in [0.29, 0.717) is 18.7 Å². The Morgan fingerprint density at radius 2 is 1.30 bits per heavy atom. The van der Waals surface area contributed by atoms with Crippen molar-refractivity contribution < 1.29 is 19.4 Å². The van der Waals surface area contributed by atoms with Crippen LogP contribution in [0.5, 0.6) is 0 Å². The van der Waals surface area contributed by atoms with E-state index in [1.54, 1.807) is 0 Å². The Morgan fingerprint density at radius 1 is 0.761 bits per heavy atom. The Kier molecular flexibility index (Phi) is 9.58. The second kappa shape index (κ2) is 14.3. The van der Waals surface area contributed by atoms with Crippen LogP contribution in [0.3, 0.4) is 0 Å². The third-order valence-electron chi connectivity index (χ3n) is 9.08. The number of amides is 2. The fraction of sp³-hybridized carbons (Fsp3) is 0.256. The van der Waals surface area contributed by atoms with Gasteiger partial charge in [0.25, 0.3) is 0 Å². The molecule has 7 heteroatoms. The SMILES string of the molecule is O=C(N=C1N(C(=O)O)C(=Cc2ccccc2)C(Cc2ccccc2)(C2CCCCC2)N1Cc1ccccc1)OCc1ccccc1. The molecule has 1 unspecified atom stereocenters. The Morgan fingerprint density at radius 3 is 1.89 bits per heavy atom. The van der Waals surface area contributed by atoms with Crippen LogP contribution in [-0.2, 0) is 24.3 Å². The summed E-state index contributed by atoms with van der Waals surface area (Å²) >= 11 is 0. The number of nitrogens with zero attached hydrogens (tertiary/aromatic N) is 3. The fourth-order valence-corrected chi connectivity index (χ4v) is 6.99. The van der Waals surface area contributed by atoms with Crippen molar-refractivity contribution in [1.29, 1.82) is 0 Å². The summed E-state index contributed by atoms with van der Waals surface area (Å²) in [6, 6.07) is 39.4. The third kappa shape index (κ3) is 6.74. The van der Waals surface area contributed by atoms with Crippen molar-refractivity contribution in [2.24, 2.45) is 10.9 Å². The summed E-state index contributed by atoms with van der Waals surface area (Å²) in [6.07, 6.45) is 5.61. The first kappa shape index (κ1) is 30.8. The number of carbonyl (C=O) groups is 2. The van der Waals surface area contributed by atoms with Crippen LogP contribution in [0.25, 0.3) is 6.08 Å². The number of hydrogen-bond acceptors (Lipinski definition) is 3. The van der Waals surface area contributed by atoms with Crippen LogP contribution in [0.2, 0.25) is 0 Å². The van der Waals surface area contributed by atoms with E-state index in [-0.39, 0.29) is 18.5 Å². The highest BCUT2D eigenvalue weighted by molar-refractivity contribution is 6.04. The second-order valence-electron chi connectivity index (χ2n) is 12.0. The van der Waals surface area contributed by atoms with E-state index >= 15 is 0 Å². The molecule has 7 nitrogen and oxygen atoms in total. The van der Waals surface area contributed by atoms with Gasteiger partial charge in [-0.15, -0.1) is 4.99 Å². The Labute approximate surface area is 270 Å². The van der Waals surface area contributed by atoms with E-state index in [9.17, 15) is 14.7 Å². The number of hydrogen-bond donors (Lipinski definition) is 1. The zero-order valence-corrected chi connectivity index (χ0v) is 25.9. The van der Waals surface area contributed by atoms with Gasteiger partial charge in [0, 0.05) is 13.0 Å². The van der Waals surface area contributed by atoms with Gasteiger partial charge in [0.15, 0.2) is 0 Å². The molecule has 0 spiro atoms. The van der Waals surface area contributed by atoms with Gasteiger partial charge in [-0.2, -0.15) is 0 Å². The molecule has 1 aliphatic carbocycles. The van der Waals surface area contributed by atoms with E-state index in [1.165, 1.54) is 4.90 Å². The van der Waals surface area contributed by atoms with E-state index < -0.39 is 17.7 Å². The van der Waals surface area contributed by atoms with Gasteiger partial charge in [0.2, 0.25) is 5.96 Å². The molecule has 4 aromatic carbocycles. The van der Waals surface area contributed by atoms with Crippen LogP contribution in [0, 0.1) is 5.92 Å². The number of carbonyl (C=O) groups excluding carboxylic acids is 1. The first-order valence-electron chi connectivity index (χ1n) is 16.0. The van der Waals surface area contributed by atoms with Gasteiger partial charge in [-0.3, -0.25) is 0 Å². The highest BCUT2D eigenvalue weighted by Gasteiger charge is 2.58. The lowest BCUT2D eigenvalue weighted by Gasteiger charge is -2.46. The summed E-state index contributed by atoms with van der Waals surface area (Å²) in [7, 11) is 0. The number of rotatable bonds is 8. The number of aliphatic imine (C=N–C) groups is 1. The number of guanidine groups is 1. The molecule has 46 heavy (non-hydrogen) atoms. The van der Waals surface area contributed by atoms with Crippen molar-refractivity contribution in [2.45, 2.75) is 57.2 Å². The maximum absolute atomic E-state index is 13.5. The van der Waals surface area contributed by atoms with Gasteiger partial charge in [0.1, 0.15) is 6.61 Å². The van der Waals surface area contributed by atoms with Gasteiger partial charge in [0.05, 0.1) is 11.2 Å². The first-order chi connectivity index (χ1) is 22.5. The first-order valence-corrected chi connectivity index (χ1v) is 16.0. The molecule has 1 saturated heterocycles. The minimum absolute atomic E-state index is 0.0344. The number of carboxylic acid groups (broad SMARTS) is 1. The summed E-state index contributed by atoms with van der Waals surface area (Å²) < 4.78 is 5.61. The van der Waals surface area contributed by atoms with Crippen LogP contribution in [0.15, 0.2) is 132 Å². The lowest BCUT2D eigenvalue weighted by molar-refractivity contribution is 0.107. The fourth-order valence-electron chi connectivity index (χ4n) is 6.99. The molecule has 1 atom stereocenters.